The van der Waals surface area contributed by atoms with Crippen LogP contribution in [0.3, 0.4) is 0 Å². The normalized spacial score (nSPS) is 16.3. The van der Waals surface area contributed by atoms with Gasteiger partial charge >= 0.3 is 5.97 Å². The molecule has 1 aromatic rings. The van der Waals surface area contributed by atoms with Gasteiger partial charge in [-0.15, -0.1) is 0 Å². The van der Waals surface area contributed by atoms with E-state index in [9.17, 15) is 9.90 Å². The minimum Gasteiger partial charge on any atom is -0.504 e. The number of carbonyl (C=O) groups excluding carboxylic acids is 1. The van der Waals surface area contributed by atoms with Gasteiger partial charge in [0.2, 0.25) is 0 Å². The molecular weight excluding hydrogens is 282 g/mol. The summed E-state index contributed by atoms with van der Waals surface area (Å²) in [5.74, 6) is 0.556. The van der Waals surface area contributed by atoms with Crippen molar-refractivity contribution in [3.8, 4) is 11.5 Å². The van der Waals surface area contributed by atoms with Gasteiger partial charge in [-0.1, -0.05) is 6.07 Å². The summed E-state index contributed by atoms with van der Waals surface area (Å²) >= 11 is 0. The van der Waals surface area contributed by atoms with E-state index in [0.29, 0.717) is 11.7 Å². The van der Waals surface area contributed by atoms with Crippen LogP contribution >= 0.6 is 0 Å². The molecule has 1 saturated heterocycles. The lowest BCUT2D eigenvalue weighted by Crippen LogP contribution is -2.43. The standard InChI is InChI=1S/C17H25NO4/c1-17(2,13-6-8-18-9-7-13)22-16(20)11-12-4-5-14(19)15(10-12)21-3/h4-5,10,13,18-19H,6-9,11H2,1-3H3. The number of rotatable bonds is 5. The fourth-order valence-corrected chi connectivity index (χ4v) is 2.93. The smallest absolute Gasteiger partial charge is 0.310 e. The lowest BCUT2D eigenvalue weighted by atomic mass is 9.83. The number of hydrogen-bond donors (Lipinski definition) is 2. The van der Waals surface area contributed by atoms with E-state index >= 15 is 0 Å². The van der Waals surface area contributed by atoms with Crippen molar-refractivity contribution in [1.82, 2.24) is 5.32 Å². The summed E-state index contributed by atoms with van der Waals surface area (Å²) in [5.41, 5.74) is 0.306. The maximum absolute atomic E-state index is 12.2. The van der Waals surface area contributed by atoms with Crippen molar-refractivity contribution in [2.24, 2.45) is 5.92 Å². The molecule has 1 fully saturated rings. The van der Waals surface area contributed by atoms with E-state index in [4.69, 9.17) is 9.47 Å². The fraction of sp³-hybridized carbons (Fsp3) is 0.588. The molecule has 0 saturated carbocycles. The van der Waals surface area contributed by atoms with Crippen LogP contribution in [0.25, 0.3) is 0 Å². The molecular formula is C17H25NO4. The van der Waals surface area contributed by atoms with E-state index in [1.165, 1.54) is 13.2 Å². The minimum absolute atomic E-state index is 0.0645. The Bertz CT molecular complexity index is 521. The van der Waals surface area contributed by atoms with Crippen molar-refractivity contribution >= 4 is 5.97 Å². The summed E-state index contributed by atoms with van der Waals surface area (Å²) in [6.45, 7) is 5.91. The first-order valence-electron chi connectivity index (χ1n) is 7.71. The number of phenols is 1. The number of nitrogens with one attached hydrogen (secondary N) is 1. The number of hydrogen-bond acceptors (Lipinski definition) is 5. The molecule has 0 aromatic heterocycles. The number of ether oxygens (including phenoxy) is 2. The van der Waals surface area contributed by atoms with Gasteiger partial charge in [-0.05, 0) is 57.5 Å². The van der Waals surface area contributed by atoms with Crippen LogP contribution in [0.4, 0.5) is 0 Å². The Hall–Kier alpha value is -1.75. The number of methoxy groups -OCH3 is 1. The maximum Gasteiger partial charge on any atom is 0.310 e. The first kappa shape index (κ1) is 16.6. The number of esters is 1. The summed E-state index contributed by atoms with van der Waals surface area (Å²) in [6, 6.07) is 4.89. The molecule has 1 heterocycles. The topological polar surface area (TPSA) is 67.8 Å². The lowest BCUT2D eigenvalue weighted by Gasteiger charge is -2.36. The molecule has 1 aliphatic heterocycles. The fourth-order valence-electron chi connectivity index (χ4n) is 2.93. The molecule has 0 spiro atoms. The van der Waals surface area contributed by atoms with E-state index < -0.39 is 5.60 Å². The highest BCUT2D eigenvalue weighted by atomic mass is 16.6. The van der Waals surface area contributed by atoms with Crippen LogP contribution in [0.1, 0.15) is 32.3 Å². The number of carbonyl (C=O) groups is 1. The van der Waals surface area contributed by atoms with Crippen molar-refractivity contribution in [3.63, 3.8) is 0 Å². The largest absolute Gasteiger partial charge is 0.504 e. The van der Waals surface area contributed by atoms with Gasteiger partial charge in [0.1, 0.15) is 5.60 Å². The van der Waals surface area contributed by atoms with E-state index in [1.54, 1.807) is 12.1 Å². The monoisotopic (exact) mass is 307 g/mol. The highest BCUT2D eigenvalue weighted by molar-refractivity contribution is 5.73. The number of phenolic OH excluding ortho intramolecular Hbond substituents is 1. The van der Waals surface area contributed by atoms with Crippen molar-refractivity contribution in [2.45, 2.75) is 38.7 Å². The molecule has 2 rings (SSSR count). The highest BCUT2D eigenvalue weighted by Gasteiger charge is 2.34. The average Bonchev–Trinajstić information content (AvgIpc) is 2.49. The van der Waals surface area contributed by atoms with Gasteiger partial charge in [0.05, 0.1) is 13.5 Å². The maximum atomic E-state index is 12.2. The van der Waals surface area contributed by atoms with Gasteiger partial charge in [0, 0.05) is 5.92 Å². The number of aromatic hydroxyl groups is 1. The third kappa shape index (κ3) is 4.13. The Balaban J connectivity index is 1.97. The molecule has 1 aromatic carbocycles. The van der Waals surface area contributed by atoms with Crippen LogP contribution in [0.5, 0.6) is 11.5 Å². The average molecular weight is 307 g/mol. The summed E-state index contributed by atoms with van der Waals surface area (Å²) in [4.78, 5) is 12.2. The number of piperidine rings is 1. The molecule has 0 unspecified atom stereocenters. The Morgan fingerprint density at radius 2 is 2.05 bits per heavy atom. The van der Waals surface area contributed by atoms with E-state index in [-0.39, 0.29) is 18.1 Å². The van der Waals surface area contributed by atoms with Gasteiger partial charge in [0.15, 0.2) is 11.5 Å². The zero-order chi connectivity index (χ0) is 16.2. The van der Waals surface area contributed by atoms with Crippen molar-refractivity contribution in [3.05, 3.63) is 23.8 Å². The second-order valence-electron chi connectivity index (χ2n) is 6.28. The lowest BCUT2D eigenvalue weighted by molar-refractivity contribution is -0.161. The molecule has 1 aliphatic rings. The Morgan fingerprint density at radius 1 is 1.36 bits per heavy atom. The van der Waals surface area contributed by atoms with Crippen molar-refractivity contribution in [2.75, 3.05) is 20.2 Å². The van der Waals surface area contributed by atoms with Crippen LogP contribution in [0, 0.1) is 5.92 Å². The summed E-state index contributed by atoms with van der Waals surface area (Å²) in [7, 11) is 1.48. The van der Waals surface area contributed by atoms with Crippen molar-refractivity contribution < 1.29 is 19.4 Å². The summed E-state index contributed by atoms with van der Waals surface area (Å²) in [6.07, 6.45) is 2.21. The van der Waals surface area contributed by atoms with Crippen LogP contribution in [0.2, 0.25) is 0 Å². The van der Waals surface area contributed by atoms with Gasteiger partial charge in [0.25, 0.3) is 0 Å². The molecule has 0 aliphatic carbocycles. The van der Waals surface area contributed by atoms with Gasteiger partial charge in [-0.25, -0.2) is 0 Å². The van der Waals surface area contributed by atoms with E-state index in [0.717, 1.165) is 31.5 Å². The first-order chi connectivity index (χ1) is 10.4. The third-order valence-corrected chi connectivity index (χ3v) is 4.29. The Labute approximate surface area is 131 Å². The summed E-state index contributed by atoms with van der Waals surface area (Å²) < 4.78 is 10.8. The van der Waals surface area contributed by atoms with Crippen LogP contribution < -0.4 is 10.1 Å². The SMILES string of the molecule is COc1cc(CC(=O)OC(C)(C)C2CCNCC2)ccc1O. The molecule has 0 atom stereocenters. The zero-order valence-corrected chi connectivity index (χ0v) is 13.5. The predicted molar refractivity (Wildman–Crippen MR) is 84.1 cm³/mol. The van der Waals surface area contributed by atoms with E-state index in [2.05, 4.69) is 5.32 Å². The van der Waals surface area contributed by atoms with Crippen LogP contribution in [-0.2, 0) is 16.0 Å². The quantitative estimate of drug-likeness (QED) is 0.817. The van der Waals surface area contributed by atoms with Gasteiger partial charge in [-0.3, -0.25) is 4.79 Å². The predicted octanol–water partition coefficient (Wildman–Crippen LogP) is 2.26. The molecule has 2 N–H and O–H groups in total. The second-order valence-corrected chi connectivity index (χ2v) is 6.28. The Morgan fingerprint density at radius 3 is 2.68 bits per heavy atom. The third-order valence-electron chi connectivity index (χ3n) is 4.29. The van der Waals surface area contributed by atoms with Gasteiger partial charge < -0.3 is 19.9 Å². The molecule has 122 valence electrons. The molecule has 5 nitrogen and oxygen atoms in total. The first-order valence-corrected chi connectivity index (χ1v) is 7.71. The molecule has 5 heteroatoms. The molecule has 0 radical (unpaired) electrons. The van der Waals surface area contributed by atoms with Crippen LogP contribution in [0.15, 0.2) is 18.2 Å². The van der Waals surface area contributed by atoms with Crippen LogP contribution in [-0.4, -0.2) is 36.9 Å². The highest BCUT2D eigenvalue weighted by Crippen LogP contribution is 2.30. The molecule has 0 amide bonds. The Kier molecular flexibility index (Phi) is 5.29. The molecule has 0 bridgehead atoms. The van der Waals surface area contributed by atoms with E-state index in [1.807, 2.05) is 13.8 Å². The zero-order valence-electron chi connectivity index (χ0n) is 13.5. The minimum atomic E-state index is -0.458. The summed E-state index contributed by atoms with van der Waals surface area (Å²) in [5, 5.41) is 12.9. The second kappa shape index (κ2) is 7.01. The number of benzene rings is 1. The van der Waals surface area contributed by atoms with Crippen molar-refractivity contribution in [1.29, 1.82) is 0 Å². The van der Waals surface area contributed by atoms with Gasteiger partial charge in [-0.2, -0.15) is 0 Å². The molecule has 22 heavy (non-hydrogen) atoms.